The first-order valence-corrected chi connectivity index (χ1v) is 8.46. The lowest BCUT2D eigenvalue weighted by Crippen LogP contribution is -2.55. The maximum absolute atomic E-state index is 12.2. The van der Waals surface area contributed by atoms with Crippen molar-refractivity contribution in [3.05, 3.63) is 0 Å². The number of nitrogens with zero attached hydrogens (tertiary/aromatic N) is 1. The molecule has 0 aliphatic heterocycles. The lowest BCUT2D eigenvalue weighted by atomic mass is 9.92. The maximum Gasteiger partial charge on any atom is 0.325 e. The topological polar surface area (TPSA) is 41.6 Å². The molecule has 0 saturated heterocycles. The molecule has 3 atom stereocenters. The molecule has 0 amide bonds. The molecule has 0 radical (unpaired) electrons. The molecule has 124 valence electrons. The van der Waals surface area contributed by atoms with E-state index in [1.165, 1.54) is 26.4 Å². The molecule has 1 saturated carbocycles. The normalized spacial score (nSPS) is 20.9. The van der Waals surface area contributed by atoms with Gasteiger partial charge in [0.1, 0.15) is 5.54 Å². The summed E-state index contributed by atoms with van der Waals surface area (Å²) in [5.41, 5.74) is -0.571. The molecule has 1 fully saturated rings. The molecule has 1 aliphatic carbocycles. The number of carbonyl (C=O) groups excluding carboxylic acids is 1. The molecular weight excluding hydrogens is 264 g/mol. The molecule has 0 aromatic rings. The van der Waals surface area contributed by atoms with Gasteiger partial charge < -0.3 is 9.64 Å². The van der Waals surface area contributed by atoms with Gasteiger partial charge in [-0.2, -0.15) is 0 Å². The molecule has 0 aromatic carbocycles. The fourth-order valence-electron chi connectivity index (χ4n) is 2.97. The van der Waals surface area contributed by atoms with Gasteiger partial charge in [-0.1, -0.05) is 27.2 Å². The monoisotopic (exact) mass is 298 g/mol. The van der Waals surface area contributed by atoms with E-state index in [1.807, 2.05) is 6.92 Å². The van der Waals surface area contributed by atoms with Crippen molar-refractivity contribution in [1.82, 2.24) is 10.2 Å². The third kappa shape index (κ3) is 5.59. The van der Waals surface area contributed by atoms with E-state index in [1.54, 1.807) is 0 Å². The Morgan fingerprint density at radius 1 is 1.38 bits per heavy atom. The van der Waals surface area contributed by atoms with Crippen LogP contribution < -0.4 is 5.32 Å². The number of hydrogen-bond acceptors (Lipinski definition) is 4. The Labute approximate surface area is 130 Å². The van der Waals surface area contributed by atoms with Crippen molar-refractivity contribution in [3.8, 4) is 0 Å². The van der Waals surface area contributed by atoms with E-state index in [2.05, 4.69) is 37.9 Å². The van der Waals surface area contributed by atoms with Crippen molar-refractivity contribution in [2.45, 2.75) is 77.9 Å². The number of hydrogen-bond donors (Lipinski definition) is 1. The molecule has 0 aromatic heterocycles. The smallest absolute Gasteiger partial charge is 0.325 e. The summed E-state index contributed by atoms with van der Waals surface area (Å²) in [6.07, 6.45) is 4.33. The van der Waals surface area contributed by atoms with Gasteiger partial charge in [-0.3, -0.25) is 10.1 Å². The molecule has 4 nitrogen and oxygen atoms in total. The molecule has 1 aliphatic rings. The lowest BCUT2D eigenvalue weighted by molar-refractivity contribution is -0.149. The van der Waals surface area contributed by atoms with Gasteiger partial charge in [-0.25, -0.2) is 0 Å². The van der Waals surface area contributed by atoms with Gasteiger partial charge in [-0.05, 0) is 45.6 Å². The van der Waals surface area contributed by atoms with Gasteiger partial charge in [0.05, 0.1) is 7.11 Å². The largest absolute Gasteiger partial charge is 0.468 e. The Kier molecular flexibility index (Phi) is 7.14. The predicted octanol–water partition coefficient (Wildman–Crippen LogP) is 2.82. The molecule has 3 unspecified atom stereocenters. The van der Waals surface area contributed by atoms with Crippen LogP contribution >= 0.6 is 0 Å². The van der Waals surface area contributed by atoms with E-state index in [0.717, 1.165) is 19.5 Å². The Balaban J connectivity index is 2.68. The highest BCUT2D eigenvalue weighted by atomic mass is 16.5. The lowest BCUT2D eigenvalue weighted by Gasteiger charge is -2.36. The number of carbonyl (C=O) groups is 1. The molecule has 21 heavy (non-hydrogen) atoms. The molecule has 4 heteroatoms. The predicted molar refractivity (Wildman–Crippen MR) is 87.4 cm³/mol. The minimum absolute atomic E-state index is 0.138. The van der Waals surface area contributed by atoms with Crippen molar-refractivity contribution >= 4 is 5.97 Å². The number of esters is 1. The Hall–Kier alpha value is -0.610. The second-order valence-corrected chi connectivity index (χ2v) is 6.90. The maximum atomic E-state index is 12.2. The molecule has 0 heterocycles. The Morgan fingerprint density at radius 2 is 2.00 bits per heavy atom. The summed E-state index contributed by atoms with van der Waals surface area (Å²) >= 11 is 0. The highest BCUT2D eigenvalue weighted by Crippen LogP contribution is 2.27. The van der Waals surface area contributed by atoms with Crippen LogP contribution in [0.2, 0.25) is 0 Å². The standard InChI is InChI=1S/C17H34N2O2/c1-7-13(3)12-19(8-2)14(4)11-17(5,16(20)21-6)18-15-9-10-15/h13-15,18H,7-12H2,1-6H3. The summed E-state index contributed by atoms with van der Waals surface area (Å²) < 4.78 is 5.04. The van der Waals surface area contributed by atoms with Crippen molar-refractivity contribution in [2.24, 2.45) is 5.92 Å². The van der Waals surface area contributed by atoms with Gasteiger partial charge in [0.2, 0.25) is 0 Å². The van der Waals surface area contributed by atoms with Crippen molar-refractivity contribution in [2.75, 3.05) is 20.2 Å². The number of nitrogens with one attached hydrogen (secondary N) is 1. The third-order valence-electron chi connectivity index (χ3n) is 4.71. The van der Waals surface area contributed by atoms with Crippen molar-refractivity contribution in [3.63, 3.8) is 0 Å². The average molecular weight is 298 g/mol. The Bertz CT molecular complexity index is 331. The van der Waals surface area contributed by atoms with E-state index >= 15 is 0 Å². The number of rotatable bonds is 10. The zero-order chi connectivity index (χ0) is 16.0. The number of methoxy groups -OCH3 is 1. The summed E-state index contributed by atoms with van der Waals surface area (Å²) in [5.74, 6) is 0.550. The van der Waals surface area contributed by atoms with Crippen LogP contribution in [0.25, 0.3) is 0 Å². The second kappa shape index (κ2) is 8.14. The first-order chi connectivity index (χ1) is 9.86. The molecule has 0 spiro atoms. The zero-order valence-electron chi connectivity index (χ0n) is 14.7. The van der Waals surface area contributed by atoms with Crippen LogP contribution in [0.4, 0.5) is 0 Å². The highest BCUT2D eigenvalue weighted by Gasteiger charge is 2.41. The van der Waals surface area contributed by atoms with Gasteiger partial charge >= 0.3 is 5.97 Å². The van der Waals surface area contributed by atoms with Gasteiger partial charge in [0.15, 0.2) is 0 Å². The van der Waals surface area contributed by atoms with Crippen LogP contribution in [0, 0.1) is 5.92 Å². The molecule has 0 bridgehead atoms. The minimum atomic E-state index is -0.571. The average Bonchev–Trinajstić information content (AvgIpc) is 3.26. The van der Waals surface area contributed by atoms with E-state index in [4.69, 9.17) is 4.74 Å². The fraction of sp³-hybridized carbons (Fsp3) is 0.941. The fourth-order valence-corrected chi connectivity index (χ4v) is 2.97. The van der Waals surface area contributed by atoms with E-state index in [9.17, 15) is 4.79 Å². The molecule has 1 N–H and O–H groups in total. The minimum Gasteiger partial charge on any atom is -0.468 e. The van der Waals surface area contributed by atoms with Gasteiger partial charge in [-0.15, -0.1) is 0 Å². The van der Waals surface area contributed by atoms with Crippen molar-refractivity contribution < 1.29 is 9.53 Å². The second-order valence-electron chi connectivity index (χ2n) is 6.90. The highest BCUT2D eigenvalue weighted by molar-refractivity contribution is 5.80. The summed E-state index contributed by atoms with van der Waals surface area (Å²) in [7, 11) is 1.48. The van der Waals surface area contributed by atoms with E-state index in [0.29, 0.717) is 18.0 Å². The van der Waals surface area contributed by atoms with E-state index in [-0.39, 0.29) is 5.97 Å². The molecular formula is C17H34N2O2. The van der Waals surface area contributed by atoms with Crippen molar-refractivity contribution in [1.29, 1.82) is 0 Å². The first-order valence-electron chi connectivity index (χ1n) is 8.46. The SMILES string of the molecule is CCC(C)CN(CC)C(C)CC(C)(NC1CC1)C(=O)OC. The summed E-state index contributed by atoms with van der Waals surface area (Å²) in [5, 5.41) is 3.49. The quantitative estimate of drug-likeness (QED) is 0.630. The summed E-state index contributed by atoms with van der Waals surface area (Å²) in [6, 6.07) is 0.852. The zero-order valence-corrected chi connectivity index (χ0v) is 14.7. The Morgan fingerprint density at radius 3 is 2.43 bits per heavy atom. The van der Waals surface area contributed by atoms with Gasteiger partial charge in [0.25, 0.3) is 0 Å². The van der Waals surface area contributed by atoms with Crippen LogP contribution in [-0.4, -0.2) is 48.7 Å². The third-order valence-corrected chi connectivity index (χ3v) is 4.71. The van der Waals surface area contributed by atoms with Crippen LogP contribution in [0.3, 0.4) is 0 Å². The van der Waals surface area contributed by atoms with Crippen LogP contribution in [0.1, 0.15) is 60.3 Å². The first kappa shape index (κ1) is 18.4. The number of ether oxygens (including phenoxy) is 1. The van der Waals surface area contributed by atoms with Crippen LogP contribution in [0.15, 0.2) is 0 Å². The summed E-state index contributed by atoms with van der Waals surface area (Å²) in [6.45, 7) is 13.0. The van der Waals surface area contributed by atoms with E-state index < -0.39 is 5.54 Å². The summed E-state index contributed by atoms with van der Waals surface area (Å²) in [4.78, 5) is 14.7. The van der Waals surface area contributed by atoms with Crippen LogP contribution in [0.5, 0.6) is 0 Å². The van der Waals surface area contributed by atoms with Gasteiger partial charge in [0, 0.05) is 18.6 Å². The van der Waals surface area contributed by atoms with Crippen LogP contribution in [-0.2, 0) is 9.53 Å². The molecule has 1 rings (SSSR count).